The Hall–Kier alpha value is -4.25. The van der Waals surface area contributed by atoms with E-state index in [9.17, 15) is 22.8 Å². The highest BCUT2D eigenvalue weighted by molar-refractivity contribution is 7.90. The van der Waals surface area contributed by atoms with Gasteiger partial charge >= 0.3 is 0 Å². The lowest BCUT2D eigenvalue weighted by molar-refractivity contribution is -0.115. The number of carbonyl (C=O) groups is 3. The highest BCUT2D eigenvalue weighted by Crippen LogP contribution is 2.30. The van der Waals surface area contributed by atoms with Gasteiger partial charge in [-0.3, -0.25) is 19.3 Å². The molecule has 3 aliphatic rings. The summed E-state index contributed by atoms with van der Waals surface area (Å²) in [6.45, 7) is 0.119. The molecular formula is C23H19N5O5S. The molecule has 0 saturated carbocycles. The largest absolute Gasteiger partial charge is 0.331 e. The molecule has 172 valence electrons. The van der Waals surface area contributed by atoms with Crippen LogP contribution in [0.1, 0.15) is 10.4 Å². The molecule has 2 N–H and O–H groups in total. The first-order valence-corrected chi connectivity index (χ1v) is 12.0. The van der Waals surface area contributed by atoms with Gasteiger partial charge in [-0.05, 0) is 48.6 Å². The van der Waals surface area contributed by atoms with Crippen molar-refractivity contribution in [1.82, 2.24) is 4.90 Å². The molecule has 11 heteroatoms. The quantitative estimate of drug-likeness (QED) is 0.693. The maximum absolute atomic E-state index is 13.1. The van der Waals surface area contributed by atoms with Crippen LogP contribution in [0.5, 0.6) is 0 Å². The first-order valence-electron chi connectivity index (χ1n) is 10.4. The smallest absolute Gasteiger partial charge is 0.259 e. The van der Waals surface area contributed by atoms with Crippen molar-refractivity contribution < 1.29 is 22.8 Å². The van der Waals surface area contributed by atoms with Crippen molar-refractivity contribution in [3.63, 3.8) is 0 Å². The summed E-state index contributed by atoms with van der Waals surface area (Å²) in [6, 6.07) is 13.3. The van der Waals surface area contributed by atoms with E-state index in [0.29, 0.717) is 22.6 Å². The van der Waals surface area contributed by atoms with Crippen LogP contribution < -0.4 is 15.5 Å². The average Bonchev–Trinajstić information content (AvgIpc) is 2.82. The van der Waals surface area contributed by atoms with E-state index in [1.807, 2.05) is 0 Å². The Balaban J connectivity index is 1.33. The number of nitrogens with one attached hydrogen (secondary N) is 2. The van der Waals surface area contributed by atoms with Crippen molar-refractivity contribution in [2.45, 2.75) is 0 Å². The standard InChI is InChI=1S/C23H19N5O5S/c29-20-14-28(19-6-2-1-5-18(19)25-20)23(31)15-7-9-16(10-8-15)24-22(30)17-4-3-11-27-12-13-34(32,33)26-21(17)27/h1-11H,12-14H2,(H,24,30)(H,25,29). The van der Waals surface area contributed by atoms with Crippen LogP contribution >= 0.6 is 0 Å². The van der Waals surface area contributed by atoms with Crippen molar-refractivity contribution in [1.29, 1.82) is 0 Å². The lowest BCUT2D eigenvalue weighted by Gasteiger charge is -2.29. The predicted molar refractivity (Wildman–Crippen MR) is 127 cm³/mol. The van der Waals surface area contributed by atoms with Gasteiger partial charge in [-0.25, -0.2) is 8.42 Å². The van der Waals surface area contributed by atoms with E-state index in [1.165, 1.54) is 11.0 Å². The molecule has 0 aromatic heterocycles. The number of carbonyl (C=O) groups excluding carboxylic acids is 3. The Labute approximate surface area is 195 Å². The fourth-order valence-corrected chi connectivity index (χ4v) is 4.84. The van der Waals surface area contributed by atoms with Crippen LogP contribution in [0.25, 0.3) is 0 Å². The monoisotopic (exact) mass is 477 g/mol. The third-order valence-electron chi connectivity index (χ3n) is 5.51. The van der Waals surface area contributed by atoms with Gasteiger partial charge in [0, 0.05) is 24.0 Å². The molecule has 2 aromatic rings. The highest BCUT2D eigenvalue weighted by Gasteiger charge is 2.30. The van der Waals surface area contributed by atoms with Gasteiger partial charge in [-0.1, -0.05) is 12.1 Å². The fourth-order valence-electron chi connectivity index (χ4n) is 3.86. The van der Waals surface area contributed by atoms with E-state index in [2.05, 4.69) is 15.0 Å². The van der Waals surface area contributed by atoms with E-state index in [0.717, 1.165) is 0 Å². The van der Waals surface area contributed by atoms with Crippen molar-refractivity contribution in [3.05, 3.63) is 78.0 Å². The number of rotatable bonds is 3. The van der Waals surface area contributed by atoms with E-state index in [-0.39, 0.29) is 42.1 Å². The van der Waals surface area contributed by atoms with E-state index in [1.54, 1.807) is 65.7 Å². The molecule has 0 saturated heterocycles. The average molecular weight is 478 g/mol. The molecule has 34 heavy (non-hydrogen) atoms. The summed E-state index contributed by atoms with van der Waals surface area (Å²) in [5, 5.41) is 5.45. The molecule has 0 unspecified atom stereocenters. The van der Waals surface area contributed by atoms with Gasteiger partial charge in [-0.2, -0.15) is 0 Å². The van der Waals surface area contributed by atoms with Gasteiger partial charge in [0.1, 0.15) is 6.54 Å². The van der Waals surface area contributed by atoms with E-state index in [4.69, 9.17) is 0 Å². The first-order chi connectivity index (χ1) is 16.3. The molecular weight excluding hydrogens is 458 g/mol. The van der Waals surface area contributed by atoms with E-state index >= 15 is 0 Å². The normalized spacial score (nSPS) is 18.2. The summed E-state index contributed by atoms with van der Waals surface area (Å²) in [4.78, 5) is 40.9. The summed E-state index contributed by atoms with van der Waals surface area (Å²) in [5.41, 5.74) is 2.06. The van der Waals surface area contributed by atoms with Crippen LogP contribution in [0.3, 0.4) is 0 Å². The molecule has 0 spiro atoms. The number of benzene rings is 2. The first kappa shape index (κ1) is 21.6. The second kappa shape index (κ2) is 8.27. The number of hydrogen-bond donors (Lipinski definition) is 2. The zero-order valence-corrected chi connectivity index (χ0v) is 18.6. The maximum Gasteiger partial charge on any atom is 0.259 e. The zero-order valence-electron chi connectivity index (χ0n) is 17.8. The number of sulfonamides is 1. The number of para-hydroxylation sites is 2. The number of amides is 3. The van der Waals surface area contributed by atoms with Gasteiger partial charge < -0.3 is 15.5 Å². The summed E-state index contributed by atoms with van der Waals surface area (Å²) in [5.74, 6) is -1.19. The number of anilines is 3. The fraction of sp³-hybridized carbons (Fsp3) is 0.130. The van der Waals surface area contributed by atoms with Gasteiger partial charge in [0.25, 0.3) is 21.8 Å². The molecule has 5 rings (SSSR count). The SMILES string of the molecule is O=C1CN(C(=O)c2ccc(NC(=O)C3=CC=CN4CCS(=O)(=O)N=C34)cc2)c2ccccc2N1. The highest BCUT2D eigenvalue weighted by atomic mass is 32.2. The van der Waals surface area contributed by atoms with Crippen molar-refractivity contribution in [2.24, 2.45) is 4.40 Å². The van der Waals surface area contributed by atoms with Crippen LogP contribution in [0.15, 0.2) is 76.9 Å². The van der Waals surface area contributed by atoms with Gasteiger partial charge in [0.05, 0.1) is 22.7 Å². The lowest BCUT2D eigenvalue weighted by atomic mass is 10.1. The van der Waals surface area contributed by atoms with Crippen molar-refractivity contribution in [3.8, 4) is 0 Å². The van der Waals surface area contributed by atoms with Crippen molar-refractivity contribution >= 4 is 50.6 Å². The number of allylic oxidation sites excluding steroid dienone is 2. The second-order valence-corrected chi connectivity index (χ2v) is 9.56. The van der Waals surface area contributed by atoms with Crippen LogP contribution in [0, 0.1) is 0 Å². The molecule has 3 heterocycles. The van der Waals surface area contributed by atoms with Crippen LogP contribution in [0.4, 0.5) is 17.1 Å². The molecule has 0 fully saturated rings. The molecule has 3 aliphatic heterocycles. The minimum absolute atomic E-state index is 0.0834. The molecule has 2 aromatic carbocycles. The minimum Gasteiger partial charge on any atom is -0.331 e. The number of fused-ring (bicyclic) bond motifs is 2. The van der Waals surface area contributed by atoms with Gasteiger partial charge in [-0.15, -0.1) is 4.40 Å². The maximum atomic E-state index is 13.1. The summed E-state index contributed by atoms with van der Waals surface area (Å²) in [6.07, 6.45) is 4.83. The lowest BCUT2D eigenvalue weighted by Crippen LogP contribution is -2.42. The number of hydrogen-bond acceptors (Lipinski definition) is 6. The topological polar surface area (TPSA) is 128 Å². The number of nitrogens with zero attached hydrogens (tertiary/aromatic N) is 3. The van der Waals surface area contributed by atoms with Crippen LogP contribution in [-0.4, -0.2) is 55.7 Å². The Bertz CT molecular complexity index is 1410. The molecule has 3 amide bonds. The summed E-state index contributed by atoms with van der Waals surface area (Å²) >= 11 is 0. The Morgan fingerprint density at radius 2 is 1.82 bits per heavy atom. The second-order valence-electron chi connectivity index (χ2n) is 7.80. The van der Waals surface area contributed by atoms with Crippen LogP contribution in [0.2, 0.25) is 0 Å². The minimum atomic E-state index is -3.62. The predicted octanol–water partition coefficient (Wildman–Crippen LogP) is 1.72. The molecule has 0 radical (unpaired) electrons. The summed E-state index contributed by atoms with van der Waals surface area (Å²) in [7, 11) is -3.62. The zero-order chi connectivity index (χ0) is 23.9. The van der Waals surface area contributed by atoms with Crippen molar-refractivity contribution in [2.75, 3.05) is 34.4 Å². The molecule has 10 nitrogen and oxygen atoms in total. The molecule has 0 aliphatic carbocycles. The third-order valence-corrected chi connectivity index (χ3v) is 6.66. The van der Waals surface area contributed by atoms with Gasteiger partial charge in [0.2, 0.25) is 5.91 Å². The van der Waals surface area contributed by atoms with Gasteiger partial charge in [0.15, 0.2) is 5.84 Å². The van der Waals surface area contributed by atoms with Crippen LogP contribution in [-0.2, 0) is 19.6 Å². The summed E-state index contributed by atoms with van der Waals surface area (Å²) < 4.78 is 27.6. The number of amidine groups is 1. The van der Waals surface area contributed by atoms with E-state index < -0.39 is 15.9 Å². The molecule has 0 bridgehead atoms. The Morgan fingerprint density at radius 1 is 1.06 bits per heavy atom. The molecule has 0 atom stereocenters. The Morgan fingerprint density at radius 3 is 2.62 bits per heavy atom. The third kappa shape index (κ3) is 4.08. The Kier molecular flexibility index (Phi) is 5.25.